The van der Waals surface area contributed by atoms with Crippen molar-refractivity contribution in [3.05, 3.63) is 30.4 Å². The molecule has 0 saturated carbocycles. The van der Waals surface area contributed by atoms with E-state index in [-0.39, 0.29) is 12.0 Å². The molecule has 0 fully saturated rings. The number of nitrogens with zero attached hydrogens (tertiary/aromatic N) is 1. The number of rotatable bonds is 3. The summed E-state index contributed by atoms with van der Waals surface area (Å²) in [5.41, 5.74) is 0.139. The molecule has 0 aromatic carbocycles. The van der Waals surface area contributed by atoms with E-state index in [2.05, 4.69) is 16.5 Å². The molecular weight excluding hydrogens is 144 g/mol. The molecule has 0 radical (unpaired) electrons. The minimum absolute atomic E-state index is 0.139. The minimum atomic E-state index is -0.985. The predicted molar refractivity (Wildman–Crippen MR) is 39.1 cm³/mol. The third kappa shape index (κ3) is 1.93. The van der Waals surface area contributed by atoms with E-state index in [0.29, 0.717) is 5.82 Å². The second kappa shape index (κ2) is 3.01. The highest BCUT2D eigenvalue weighted by molar-refractivity contribution is 5.86. The van der Waals surface area contributed by atoms with Crippen molar-refractivity contribution in [2.45, 2.75) is 6.42 Å². The van der Waals surface area contributed by atoms with Crippen LogP contribution < -0.4 is 0 Å². The van der Waals surface area contributed by atoms with E-state index < -0.39 is 5.97 Å². The van der Waals surface area contributed by atoms with Gasteiger partial charge in [-0.15, -0.1) is 0 Å². The number of hydrogen-bond acceptors (Lipinski definition) is 2. The zero-order valence-electron chi connectivity index (χ0n) is 5.87. The van der Waals surface area contributed by atoms with E-state index in [1.165, 1.54) is 0 Å². The van der Waals surface area contributed by atoms with Gasteiger partial charge < -0.3 is 10.1 Å². The van der Waals surface area contributed by atoms with Crippen LogP contribution in [0.1, 0.15) is 5.82 Å². The highest BCUT2D eigenvalue weighted by atomic mass is 16.4. The van der Waals surface area contributed by atoms with Gasteiger partial charge in [-0.05, 0) is 0 Å². The van der Waals surface area contributed by atoms with Crippen LogP contribution in [0, 0.1) is 0 Å². The van der Waals surface area contributed by atoms with Crippen LogP contribution in [-0.4, -0.2) is 21.0 Å². The van der Waals surface area contributed by atoms with Crippen molar-refractivity contribution in [1.82, 2.24) is 9.97 Å². The van der Waals surface area contributed by atoms with Gasteiger partial charge in [-0.3, -0.25) is 0 Å². The standard InChI is InChI=1S/C7H8N2O2/c1-5(7(10)11)4-6-8-2-3-9-6/h2-3H,1,4H2,(H,8,9)(H,10,11). The molecule has 4 heteroatoms. The van der Waals surface area contributed by atoms with E-state index in [4.69, 9.17) is 5.11 Å². The first-order valence-corrected chi connectivity index (χ1v) is 3.09. The molecular formula is C7H8N2O2. The average Bonchev–Trinajstić information content (AvgIpc) is 2.39. The second-order valence-corrected chi connectivity index (χ2v) is 2.12. The van der Waals surface area contributed by atoms with Gasteiger partial charge in [0, 0.05) is 24.4 Å². The molecule has 0 aliphatic carbocycles. The Bertz CT molecular complexity index is 264. The first-order chi connectivity index (χ1) is 5.20. The fraction of sp³-hybridized carbons (Fsp3) is 0.143. The summed E-state index contributed by atoms with van der Waals surface area (Å²) in [7, 11) is 0. The smallest absolute Gasteiger partial charge is 0.331 e. The Morgan fingerprint density at radius 3 is 3.00 bits per heavy atom. The maximum atomic E-state index is 10.3. The largest absolute Gasteiger partial charge is 0.478 e. The Labute approximate surface area is 63.6 Å². The van der Waals surface area contributed by atoms with Gasteiger partial charge in [0.15, 0.2) is 0 Å². The van der Waals surface area contributed by atoms with Crippen molar-refractivity contribution in [2.24, 2.45) is 0 Å². The average molecular weight is 152 g/mol. The number of aromatic amines is 1. The lowest BCUT2D eigenvalue weighted by Crippen LogP contribution is -2.02. The fourth-order valence-electron chi connectivity index (χ4n) is 0.672. The number of carbonyl (C=O) groups is 1. The van der Waals surface area contributed by atoms with Crippen molar-refractivity contribution >= 4 is 5.97 Å². The summed E-state index contributed by atoms with van der Waals surface area (Å²) in [5, 5.41) is 8.44. The Kier molecular flexibility index (Phi) is 2.06. The molecule has 0 aliphatic heterocycles. The molecule has 0 amide bonds. The zero-order chi connectivity index (χ0) is 8.27. The van der Waals surface area contributed by atoms with Gasteiger partial charge >= 0.3 is 5.97 Å². The summed E-state index contributed by atoms with van der Waals surface area (Å²) in [6, 6.07) is 0. The van der Waals surface area contributed by atoms with Crippen molar-refractivity contribution in [3.63, 3.8) is 0 Å². The molecule has 2 N–H and O–H groups in total. The highest BCUT2D eigenvalue weighted by Gasteiger charge is 2.05. The van der Waals surface area contributed by atoms with Crippen LogP contribution in [0.5, 0.6) is 0 Å². The van der Waals surface area contributed by atoms with Crippen LogP contribution in [0.3, 0.4) is 0 Å². The Morgan fingerprint density at radius 2 is 2.55 bits per heavy atom. The van der Waals surface area contributed by atoms with E-state index in [0.717, 1.165) is 0 Å². The van der Waals surface area contributed by atoms with Crippen molar-refractivity contribution in [2.75, 3.05) is 0 Å². The van der Waals surface area contributed by atoms with Crippen LogP contribution >= 0.6 is 0 Å². The minimum Gasteiger partial charge on any atom is -0.478 e. The SMILES string of the molecule is C=C(Cc1ncc[nH]1)C(=O)O. The molecule has 0 spiro atoms. The normalized spacial score (nSPS) is 9.45. The number of carboxylic acids is 1. The number of aromatic nitrogens is 2. The number of H-pyrrole nitrogens is 1. The van der Waals surface area contributed by atoms with Crippen molar-refractivity contribution in [3.8, 4) is 0 Å². The summed E-state index contributed by atoms with van der Waals surface area (Å²) < 4.78 is 0. The molecule has 11 heavy (non-hydrogen) atoms. The first kappa shape index (κ1) is 7.53. The lowest BCUT2D eigenvalue weighted by atomic mass is 10.2. The van der Waals surface area contributed by atoms with Gasteiger partial charge in [0.1, 0.15) is 5.82 Å². The first-order valence-electron chi connectivity index (χ1n) is 3.09. The third-order valence-corrected chi connectivity index (χ3v) is 1.24. The summed E-state index contributed by atoms with van der Waals surface area (Å²) in [6.07, 6.45) is 3.48. The lowest BCUT2D eigenvalue weighted by molar-refractivity contribution is -0.132. The molecule has 58 valence electrons. The monoisotopic (exact) mass is 152 g/mol. The van der Waals surface area contributed by atoms with Gasteiger partial charge in [-0.25, -0.2) is 9.78 Å². The van der Waals surface area contributed by atoms with Crippen LogP contribution in [-0.2, 0) is 11.2 Å². The number of imidazole rings is 1. The quantitative estimate of drug-likeness (QED) is 0.623. The van der Waals surface area contributed by atoms with Crippen LogP contribution in [0.4, 0.5) is 0 Å². The second-order valence-electron chi connectivity index (χ2n) is 2.12. The highest BCUT2D eigenvalue weighted by Crippen LogP contribution is 1.99. The molecule has 1 aromatic rings. The van der Waals surface area contributed by atoms with E-state index in [1.807, 2.05) is 0 Å². The van der Waals surface area contributed by atoms with Crippen LogP contribution in [0.25, 0.3) is 0 Å². The molecule has 1 aromatic heterocycles. The zero-order valence-corrected chi connectivity index (χ0v) is 5.87. The summed E-state index contributed by atoms with van der Waals surface area (Å²) in [6.45, 7) is 3.37. The third-order valence-electron chi connectivity index (χ3n) is 1.24. The molecule has 1 heterocycles. The number of carboxylic acid groups (broad SMARTS) is 1. The Hall–Kier alpha value is -1.58. The van der Waals surface area contributed by atoms with Gasteiger partial charge in [-0.1, -0.05) is 6.58 Å². The van der Waals surface area contributed by atoms with Crippen molar-refractivity contribution in [1.29, 1.82) is 0 Å². The summed E-state index contributed by atoms with van der Waals surface area (Å²) >= 11 is 0. The van der Waals surface area contributed by atoms with E-state index >= 15 is 0 Å². The molecule has 0 bridgehead atoms. The van der Waals surface area contributed by atoms with Gasteiger partial charge in [-0.2, -0.15) is 0 Å². The molecule has 0 aliphatic rings. The lowest BCUT2D eigenvalue weighted by Gasteiger charge is -1.94. The fourth-order valence-corrected chi connectivity index (χ4v) is 0.672. The molecule has 0 unspecified atom stereocenters. The topological polar surface area (TPSA) is 66.0 Å². The molecule has 0 atom stereocenters. The number of hydrogen-bond donors (Lipinski definition) is 2. The Balaban J connectivity index is 2.57. The van der Waals surface area contributed by atoms with E-state index in [9.17, 15) is 4.79 Å². The van der Waals surface area contributed by atoms with Gasteiger partial charge in [0.25, 0.3) is 0 Å². The molecule has 4 nitrogen and oxygen atoms in total. The predicted octanol–water partition coefficient (Wildman–Crippen LogP) is 0.593. The molecule has 1 rings (SSSR count). The molecule has 0 saturated heterocycles. The van der Waals surface area contributed by atoms with Gasteiger partial charge in [0.05, 0.1) is 0 Å². The van der Waals surface area contributed by atoms with Crippen LogP contribution in [0.15, 0.2) is 24.5 Å². The van der Waals surface area contributed by atoms with Crippen LogP contribution in [0.2, 0.25) is 0 Å². The summed E-state index contributed by atoms with van der Waals surface area (Å²) in [5.74, 6) is -0.362. The number of aliphatic carboxylic acids is 1. The summed E-state index contributed by atoms with van der Waals surface area (Å²) in [4.78, 5) is 16.9. The Morgan fingerprint density at radius 1 is 1.82 bits per heavy atom. The van der Waals surface area contributed by atoms with E-state index in [1.54, 1.807) is 12.4 Å². The number of nitrogens with one attached hydrogen (secondary N) is 1. The maximum Gasteiger partial charge on any atom is 0.331 e. The van der Waals surface area contributed by atoms with Gasteiger partial charge in [0.2, 0.25) is 0 Å². The van der Waals surface area contributed by atoms with Crippen molar-refractivity contribution < 1.29 is 9.90 Å². The maximum absolute atomic E-state index is 10.3.